The first kappa shape index (κ1) is 23.8. The van der Waals surface area contributed by atoms with Crippen molar-refractivity contribution in [2.24, 2.45) is 0 Å². The van der Waals surface area contributed by atoms with E-state index < -0.39 is 28.0 Å². The van der Waals surface area contributed by atoms with Crippen molar-refractivity contribution in [2.45, 2.75) is 44.1 Å². The molecule has 180 valence electrons. The topological polar surface area (TPSA) is 81.5 Å². The summed E-state index contributed by atoms with van der Waals surface area (Å²) in [4.78, 5) is 14.6. The number of carbonyl (C=O) groups is 1. The summed E-state index contributed by atoms with van der Waals surface area (Å²) in [6.45, 7) is 2.58. The van der Waals surface area contributed by atoms with Gasteiger partial charge in [-0.3, -0.25) is 4.79 Å². The third-order valence-electron chi connectivity index (χ3n) is 5.57. The Hall–Kier alpha value is -3.34. The predicted octanol–water partition coefficient (Wildman–Crippen LogP) is 4.15. The van der Waals surface area contributed by atoms with Crippen LogP contribution in [0.5, 0.6) is 5.75 Å². The summed E-state index contributed by atoms with van der Waals surface area (Å²) in [5.74, 6) is -1.19. The summed E-state index contributed by atoms with van der Waals surface area (Å²) >= 11 is 0. The largest absolute Gasteiger partial charge is 0.480 e. The molecule has 0 saturated heterocycles. The van der Waals surface area contributed by atoms with Gasteiger partial charge in [-0.15, -0.1) is 0 Å². The molecule has 1 aliphatic heterocycles. The van der Waals surface area contributed by atoms with E-state index in [4.69, 9.17) is 4.74 Å². The molecule has 0 fully saturated rings. The van der Waals surface area contributed by atoms with Crippen molar-refractivity contribution in [3.05, 3.63) is 71.5 Å². The zero-order chi connectivity index (χ0) is 24.7. The van der Waals surface area contributed by atoms with Gasteiger partial charge in [0.05, 0.1) is 34.1 Å². The number of fused-ring (bicyclic) bond motifs is 1. The van der Waals surface area contributed by atoms with Gasteiger partial charge in [-0.25, -0.2) is 13.1 Å². The van der Waals surface area contributed by atoms with Gasteiger partial charge in [-0.2, -0.15) is 18.3 Å². The predicted molar refractivity (Wildman–Crippen MR) is 117 cm³/mol. The minimum atomic E-state index is -4.65. The van der Waals surface area contributed by atoms with Gasteiger partial charge in [0.15, 0.2) is 15.9 Å². The van der Waals surface area contributed by atoms with Crippen LogP contribution in [0.3, 0.4) is 0 Å². The first-order valence-electron chi connectivity index (χ1n) is 10.5. The molecule has 4 rings (SSSR count). The number of alkyl halides is 3. The Balaban J connectivity index is 1.64. The number of carbonyl (C=O) groups excluding carboxylic acids is 1. The van der Waals surface area contributed by atoms with Crippen molar-refractivity contribution in [3.63, 3.8) is 0 Å². The average Bonchev–Trinajstić information content (AvgIpc) is 3.38. The molecule has 0 radical (unpaired) electrons. The second-order valence-corrected chi connectivity index (χ2v) is 10.2. The number of sulfone groups is 1. The highest BCUT2D eigenvalue weighted by molar-refractivity contribution is 7.91. The van der Waals surface area contributed by atoms with E-state index in [0.717, 1.165) is 36.4 Å². The standard InChI is InChI=1S/C23H22F3N3O4S/c1-3-34(31,32)18-9-10-21(33-15(2)23(24,25)26)19(11-18)22(30)28-12-16-13-29(27-20(16)14-28)17-7-5-4-6-8-17/h4-11,13,15H,3,12,14H2,1-2H3/t15-/m0/s1. The van der Waals surface area contributed by atoms with E-state index in [1.807, 2.05) is 30.3 Å². The average molecular weight is 494 g/mol. The van der Waals surface area contributed by atoms with Crippen molar-refractivity contribution in [2.75, 3.05) is 5.75 Å². The van der Waals surface area contributed by atoms with Gasteiger partial charge in [-0.05, 0) is 37.3 Å². The number of nitrogens with zero attached hydrogens (tertiary/aromatic N) is 3. The van der Waals surface area contributed by atoms with Crippen molar-refractivity contribution in [3.8, 4) is 11.4 Å². The maximum Gasteiger partial charge on any atom is 0.425 e. The van der Waals surface area contributed by atoms with Gasteiger partial charge >= 0.3 is 6.18 Å². The van der Waals surface area contributed by atoms with Crippen LogP contribution in [-0.4, -0.2) is 47.0 Å². The van der Waals surface area contributed by atoms with E-state index in [1.165, 1.54) is 11.8 Å². The number of para-hydroxylation sites is 1. The number of benzene rings is 2. The smallest absolute Gasteiger partial charge is 0.425 e. The summed E-state index contributed by atoms with van der Waals surface area (Å²) < 4.78 is 70.7. The molecule has 3 aromatic rings. The van der Waals surface area contributed by atoms with E-state index in [2.05, 4.69) is 5.10 Å². The summed E-state index contributed by atoms with van der Waals surface area (Å²) in [7, 11) is -3.69. The third kappa shape index (κ3) is 4.65. The highest BCUT2D eigenvalue weighted by atomic mass is 32.2. The number of halogens is 3. The Morgan fingerprint density at radius 1 is 1.15 bits per heavy atom. The summed E-state index contributed by atoms with van der Waals surface area (Å²) in [5.41, 5.74) is 2.05. The molecule has 2 heterocycles. The lowest BCUT2D eigenvalue weighted by atomic mass is 10.1. The van der Waals surface area contributed by atoms with Gasteiger partial charge in [0.2, 0.25) is 0 Å². The Kier molecular flexibility index (Phi) is 6.15. The van der Waals surface area contributed by atoms with Crippen molar-refractivity contribution in [1.29, 1.82) is 0 Å². The molecule has 0 bridgehead atoms. The first-order chi connectivity index (χ1) is 16.0. The molecule has 0 unspecified atom stereocenters. The second-order valence-electron chi connectivity index (χ2n) is 7.91. The van der Waals surface area contributed by atoms with Crippen LogP contribution in [0, 0.1) is 0 Å². The number of hydrogen-bond acceptors (Lipinski definition) is 5. The molecular weight excluding hydrogens is 471 g/mol. The maximum absolute atomic E-state index is 13.3. The number of rotatable bonds is 6. The molecule has 7 nitrogen and oxygen atoms in total. The zero-order valence-electron chi connectivity index (χ0n) is 18.4. The molecule has 34 heavy (non-hydrogen) atoms. The minimum Gasteiger partial charge on any atom is -0.480 e. The van der Waals surface area contributed by atoms with Crippen LogP contribution in [0.15, 0.2) is 59.6 Å². The van der Waals surface area contributed by atoms with E-state index in [9.17, 15) is 26.4 Å². The van der Waals surface area contributed by atoms with Gasteiger partial charge in [-0.1, -0.05) is 25.1 Å². The van der Waals surface area contributed by atoms with Gasteiger partial charge in [0, 0.05) is 18.3 Å². The van der Waals surface area contributed by atoms with Crippen LogP contribution in [0.1, 0.15) is 35.5 Å². The molecule has 0 aliphatic carbocycles. The first-order valence-corrected chi connectivity index (χ1v) is 12.2. The number of ether oxygens (including phenoxy) is 1. The fourth-order valence-electron chi connectivity index (χ4n) is 3.58. The maximum atomic E-state index is 13.3. The lowest BCUT2D eigenvalue weighted by Gasteiger charge is -2.22. The van der Waals surface area contributed by atoms with E-state index in [1.54, 1.807) is 10.9 Å². The van der Waals surface area contributed by atoms with Gasteiger partial charge in [0.1, 0.15) is 5.75 Å². The minimum absolute atomic E-state index is 0.132. The van der Waals surface area contributed by atoms with Gasteiger partial charge in [0.25, 0.3) is 5.91 Å². The van der Waals surface area contributed by atoms with Crippen LogP contribution < -0.4 is 4.74 Å². The molecule has 11 heteroatoms. The van der Waals surface area contributed by atoms with Crippen LogP contribution in [0.25, 0.3) is 5.69 Å². The quantitative estimate of drug-likeness (QED) is 0.515. The summed E-state index contributed by atoms with van der Waals surface area (Å²) in [6.07, 6.45) is -5.05. The van der Waals surface area contributed by atoms with E-state index in [0.29, 0.717) is 5.69 Å². The number of aromatic nitrogens is 2. The van der Waals surface area contributed by atoms with Crippen LogP contribution in [-0.2, 0) is 22.9 Å². The normalized spacial score (nSPS) is 14.7. The Labute approximate surface area is 194 Å². The SMILES string of the molecule is CCS(=O)(=O)c1ccc(O[C@@H](C)C(F)(F)F)c(C(=O)N2Cc3cn(-c4ccccc4)nc3C2)c1. The van der Waals surface area contributed by atoms with Crippen LogP contribution in [0.2, 0.25) is 0 Å². The summed E-state index contributed by atoms with van der Waals surface area (Å²) in [5, 5.41) is 4.51. The van der Waals surface area contributed by atoms with E-state index in [-0.39, 0.29) is 35.1 Å². The summed E-state index contributed by atoms with van der Waals surface area (Å²) in [6, 6.07) is 12.7. The molecular formula is C23H22F3N3O4S. The number of hydrogen-bond donors (Lipinski definition) is 0. The monoisotopic (exact) mass is 493 g/mol. The lowest BCUT2D eigenvalue weighted by Crippen LogP contribution is -2.33. The molecule has 0 spiro atoms. The second kappa shape index (κ2) is 8.79. The van der Waals surface area contributed by atoms with Crippen molar-refractivity contribution in [1.82, 2.24) is 14.7 Å². The van der Waals surface area contributed by atoms with Gasteiger partial charge < -0.3 is 9.64 Å². The Bertz CT molecular complexity index is 1300. The molecule has 1 amide bonds. The highest BCUT2D eigenvalue weighted by Gasteiger charge is 2.39. The molecule has 1 atom stereocenters. The Morgan fingerprint density at radius 3 is 2.47 bits per heavy atom. The number of amides is 1. The third-order valence-corrected chi connectivity index (χ3v) is 7.30. The fraction of sp³-hybridized carbons (Fsp3) is 0.304. The fourth-order valence-corrected chi connectivity index (χ4v) is 4.48. The van der Waals surface area contributed by atoms with Crippen molar-refractivity contribution >= 4 is 15.7 Å². The zero-order valence-corrected chi connectivity index (χ0v) is 19.2. The highest BCUT2D eigenvalue weighted by Crippen LogP contribution is 2.32. The van der Waals surface area contributed by atoms with E-state index >= 15 is 0 Å². The van der Waals surface area contributed by atoms with Crippen molar-refractivity contribution < 1.29 is 31.1 Å². The molecule has 1 aliphatic rings. The Morgan fingerprint density at radius 2 is 1.85 bits per heavy atom. The lowest BCUT2D eigenvalue weighted by molar-refractivity contribution is -0.189. The molecule has 2 aromatic carbocycles. The van der Waals surface area contributed by atoms with Crippen LogP contribution in [0.4, 0.5) is 13.2 Å². The van der Waals surface area contributed by atoms with Crippen LogP contribution >= 0.6 is 0 Å². The molecule has 0 N–H and O–H groups in total. The molecule has 1 aromatic heterocycles. The molecule has 0 saturated carbocycles.